The third kappa shape index (κ3) is 7.59. The molecular formula is C34H42N4O5. The average molecular weight is 587 g/mol. The Labute approximate surface area is 253 Å². The number of rotatable bonds is 11. The molecule has 2 fully saturated rings. The van der Waals surface area contributed by atoms with E-state index in [1.54, 1.807) is 61.7 Å². The van der Waals surface area contributed by atoms with E-state index in [1.165, 1.54) is 12.8 Å². The Morgan fingerprint density at radius 3 is 2.09 bits per heavy atom. The number of hydrogen-bond donors (Lipinski definition) is 3. The Hall–Kier alpha value is -4.24. The molecule has 0 spiro atoms. The number of methoxy groups -OCH3 is 1. The second kappa shape index (κ2) is 13.8. The van der Waals surface area contributed by atoms with E-state index in [1.807, 2.05) is 26.0 Å². The van der Waals surface area contributed by atoms with Crippen LogP contribution in [0.1, 0.15) is 62.7 Å². The summed E-state index contributed by atoms with van der Waals surface area (Å²) >= 11 is 0. The highest BCUT2D eigenvalue weighted by Gasteiger charge is 2.39. The van der Waals surface area contributed by atoms with Crippen LogP contribution in [-0.2, 0) is 0 Å². The van der Waals surface area contributed by atoms with Crippen molar-refractivity contribution >= 4 is 23.3 Å². The van der Waals surface area contributed by atoms with Gasteiger partial charge in [-0.2, -0.15) is 0 Å². The van der Waals surface area contributed by atoms with Crippen molar-refractivity contribution < 1.29 is 23.8 Å². The lowest BCUT2D eigenvalue weighted by atomic mass is 10.0. The standard InChI is InChI=1S/C34H42N4O5/c1-5-23(6-2)36-34(40)37-25-11-18-31(32(19-25)41-4)43-29-16-9-24(10-17-29)35-33(39)22-7-14-28(15-8-22)42-30-20-26-12-13-27(21-30)38(26)3/h7-11,14-19,23,26-27,30H,5-6,12-13,20-21H2,1-4H3,(H,35,39)(H2,36,37,40). The normalized spacial score (nSPS) is 19.5. The van der Waals surface area contributed by atoms with Gasteiger partial charge in [-0.1, -0.05) is 13.8 Å². The highest BCUT2D eigenvalue weighted by molar-refractivity contribution is 6.04. The molecule has 2 heterocycles. The van der Waals surface area contributed by atoms with Gasteiger partial charge in [0.1, 0.15) is 17.6 Å². The highest BCUT2D eigenvalue weighted by atomic mass is 16.5. The number of benzene rings is 3. The van der Waals surface area contributed by atoms with Gasteiger partial charge in [-0.3, -0.25) is 4.79 Å². The number of ether oxygens (including phenoxy) is 3. The second-order valence-electron chi connectivity index (χ2n) is 11.3. The van der Waals surface area contributed by atoms with E-state index in [-0.39, 0.29) is 24.1 Å². The van der Waals surface area contributed by atoms with Crippen LogP contribution in [0.2, 0.25) is 0 Å². The molecule has 3 N–H and O–H groups in total. The van der Waals surface area contributed by atoms with Crippen molar-refractivity contribution in [1.82, 2.24) is 10.2 Å². The Morgan fingerprint density at radius 2 is 1.47 bits per heavy atom. The van der Waals surface area contributed by atoms with Crippen LogP contribution in [0.15, 0.2) is 66.7 Å². The lowest BCUT2D eigenvalue weighted by molar-refractivity contribution is 0.0661. The van der Waals surface area contributed by atoms with E-state index < -0.39 is 0 Å². The summed E-state index contributed by atoms with van der Waals surface area (Å²) in [5, 5.41) is 8.72. The van der Waals surface area contributed by atoms with E-state index in [0.29, 0.717) is 46.3 Å². The summed E-state index contributed by atoms with van der Waals surface area (Å²) in [6, 6.07) is 20.8. The van der Waals surface area contributed by atoms with Crippen molar-refractivity contribution in [2.45, 2.75) is 76.6 Å². The van der Waals surface area contributed by atoms with E-state index in [2.05, 4.69) is 27.9 Å². The molecule has 0 radical (unpaired) electrons. The number of amides is 3. The predicted octanol–water partition coefficient (Wildman–Crippen LogP) is 7.05. The molecule has 2 bridgehead atoms. The van der Waals surface area contributed by atoms with Gasteiger partial charge >= 0.3 is 6.03 Å². The van der Waals surface area contributed by atoms with Crippen LogP contribution < -0.4 is 30.2 Å². The summed E-state index contributed by atoms with van der Waals surface area (Å²) in [6.07, 6.45) is 6.59. The van der Waals surface area contributed by atoms with Gasteiger partial charge in [0.25, 0.3) is 5.91 Å². The Kier molecular flexibility index (Phi) is 9.72. The third-order valence-corrected chi connectivity index (χ3v) is 8.56. The highest BCUT2D eigenvalue weighted by Crippen LogP contribution is 2.36. The molecule has 3 aromatic rings. The Balaban J connectivity index is 1.13. The van der Waals surface area contributed by atoms with Crippen molar-refractivity contribution in [1.29, 1.82) is 0 Å². The lowest BCUT2D eigenvalue weighted by Crippen LogP contribution is -2.43. The van der Waals surface area contributed by atoms with Gasteiger partial charge in [0, 0.05) is 41.1 Å². The Morgan fingerprint density at radius 1 is 0.837 bits per heavy atom. The fourth-order valence-electron chi connectivity index (χ4n) is 5.95. The van der Waals surface area contributed by atoms with E-state index in [9.17, 15) is 9.59 Å². The monoisotopic (exact) mass is 586 g/mol. The molecule has 0 aromatic heterocycles. The lowest BCUT2D eigenvalue weighted by Gasteiger charge is -2.36. The number of piperidine rings is 1. The minimum Gasteiger partial charge on any atom is -0.493 e. The molecule has 0 aliphatic carbocycles. The van der Waals surface area contributed by atoms with Gasteiger partial charge in [-0.25, -0.2) is 4.79 Å². The number of nitrogens with zero attached hydrogens (tertiary/aromatic N) is 1. The summed E-state index contributed by atoms with van der Waals surface area (Å²) in [7, 11) is 3.77. The molecule has 3 aromatic carbocycles. The summed E-state index contributed by atoms with van der Waals surface area (Å²) in [6.45, 7) is 4.08. The van der Waals surface area contributed by atoms with Crippen molar-refractivity contribution in [2.24, 2.45) is 0 Å². The predicted molar refractivity (Wildman–Crippen MR) is 169 cm³/mol. The van der Waals surface area contributed by atoms with Gasteiger partial charge < -0.3 is 35.1 Å². The van der Waals surface area contributed by atoms with Gasteiger partial charge in [0.15, 0.2) is 11.5 Å². The average Bonchev–Trinajstić information content (AvgIpc) is 3.21. The second-order valence-corrected chi connectivity index (χ2v) is 11.3. The molecule has 2 atom stereocenters. The van der Waals surface area contributed by atoms with Crippen LogP contribution in [0.25, 0.3) is 0 Å². The first kappa shape index (κ1) is 30.2. The number of carbonyl (C=O) groups is 2. The number of hydrogen-bond acceptors (Lipinski definition) is 6. The number of anilines is 2. The molecule has 3 amide bonds. The van der Waals surface area contributed by atoms with Crippen molar-refractivity contribution in [2.75, 3.05) is 24.8 Å². The van der Waals surface area contributed by atoms with Gasteiger partial charge in [-0.15, -0.1) is 0 Å². The Bertz CT molecular complexity index is 1380. The van der Waals surface area contributed by atoms with E-state index in [0.717, 1.165) is 31.4 Å². The van der Waals surface area contributed by atoms with Crippen LogP contribution in [0.5, 0.6) is 23.0 Å². The summed E-state index contributed by atoms with van der Waals surface area (Å²) in [4.78, 5) is 27.7. The zero-order valence-corrected chi connectivity index (χ0v) is 25.4. The van der Waals surface area contributed by atoms with Crippen molar-refractivity contribution in [3.8, 4) is 23.0 Å². The summed E-state index contributed by atoms with van der Waals surface area (Å²) in [5.74, 6) is 2.16. The maximum Gasteiger partial charge on any atom is 0.319 e. The molecule has 43 heavy (non-hydrogen) atoms. The topological polar surface area (TPSA) is 101 Å². The fraction of sp³-hybridized carbons (Fsp3) is 0.412. The number of fused-ring (bicyclic) bond motifs is 2. The molecule has 0 saturated carbocycles. The number of urea groups is 1. The van der Waals surface area contributed by atoms with Crippen LogP contribution in [-0.4, -0.2) is 55.2 Å². The molecule has 5 rings (SSSR count). The molecule has 2 saturated heterocycles. The summed E-state index contributed by atoms with van der Waals surface area (Å²) in [5.41, 5.74) is 1.80. The molecule has 9 heteroatoms. The maximum absolute atomic E-state index is 12.9. The first-order chi connectivity index (χ1) is 20.8. The zero-order chi connectivity index (χ0) is 30.3. The quantitative estimate of drug-likeness (QED) is 0.223. The maximum atomic E-state index is 12.9. The molecule has 2 unspecified atom stereocenters. The van der Waals surface area contributed by atoms with Gasteiger partial charge in [0.05, 0.1) is 7.11 Å². The molecule has 9 nitrogen and oxygen atoms in total. The molecular weight excluding hydrogens is 544 g/mol. The van der Waals surface area contributed by atoms with Crippen LogP contribution in [0.3, 0.4) is 0 Å². The largest absolute Gasteiger partial charge is 0.493 e. The third-order valence-electron chi connectivity index (χ3n) is 8.56. The zero-order valence-electron chi connectivity index (χ0n) is 25.4. The van der Waals surface area contributed by atoms with Crippen LogP contribution in [0.4, 0.5) is 16.2 Å². The van der Waals surface area contributed by atoms with Gasteiger partial charge in [0.2, 0.25) is 0 Å². The molecule has 2 aliphatic rings. The molecule has 228 valence electrons. The van der Waals surface area contributed by atoms with E-state index in [4.69, 9.17) is 14.2 Å². The van der Waals surface area contributed by atoms with Gasteiger partial charge in [-0.05, 0) is 106 Å². The first-order valence-electron chi connectivity index (χ1n) is 15.2. The van der Waals surface area contributed by atoms with E-state index >= 15 is 0 Å². The van der Waals surface area contributed by atoms with Crippen molar-refractivity contribution in [3.63, 3.8) is 0 Å². The van der Waals surface area contributed by atoms with Crippen LogP contribution in [0, 0.1) is 0 Å². The minimum absolute atomic E-state index is 0.126. The van der Waals surface area contributed by atoms with Crippen molar-refractivity contribution in [3.05, 3.63) is 72.3 Å². The number of nitrogens with one attached hydrogen (secondary N) is 3. The number of carbonyl (C=O) groups excluding carboxylic acids is 2. The SMILES string of the molecule is CCC(CC)NC(=O)Nc1ccc(Oc2ccc(NC(=O)c3ccc(OC4CC5CCC(C4)N5C)cc3)cc2)c(OC)c1. The molecule has 2 aliphatic heterocycles. The van der Waals surface area contributed by atoms with Crippen LogP contribution >= 0.6 is 0 Å². The minimum atomic E-state index is -0.259. The smallest absolute Gasteiger partial charge is 0.319 e. The fourth-order valence-corrected chi connectivity index (χ4v) is 5.95. The first-order valence-corrected chi connectivity index (χ1v) is 15.2. The summed E-state index contributed by atoms with van der Waals surface area (Å²) < 4.78 is 17.8.